The Morgan fingerprint density at radius 3 is 2.33 bits per heavy atom. The summed E-state index contributed by atoms with van der Waals surface area (Å²) < 4.78 is 0. The first kappa shape index (κ1) is 13.9. The lowest BCUT2D eigenvalue weighted by atomic mass is 9.98. The van der Waals surface area contributed by atoms with E-state index in [1.54, 1.807) is 0 Å². The number of carbonyl (C=O) groups is 1. The molecule has 0 radical (unpaired) electrons. The van der Waals surface area contributed by atoms with E-state index in [2.05, 4.69) is 31.2 Å². The molecule has 0 aromatic heterocycles. The van der Waals surface area contributed by atoms with Crippen LogP contribution in [0.5, 0.6) is 0 Å². The van der Waals surface area contributed by atoms with Crippen molar-refractivity contribution in [3.05, 3.63) is 71.8 Å². The molecule has 0 saturated carbocycles. The molecule has 0 bridgehead atoms. The van der Waals surface area contributed by atoms with Gasteiger partial charge in [0.25, 0.3) is 0 Å². The molecule has 0 aliphatic carbocycles. The number of hydrogen-bond acceptors (Lipinski definition) is 1. The van der Waals surface area contributed by atoms with Crippen molar-refractivity contribution in [2.75, 3.05) is 6.54 Å². The van der Waals surface area contributed by atoms with Gasteiger partial charge in [-0.25, -0.2) is 0 Å². The van der Waals surface area contributed by atoms with Crippen molar-refractivity contribution in [3.8, 4) is 0 Å². The van der Waals surface area contributed by atoms with Crippen LogP contribution >= 0.6 is 0 Å². The monoisotopic (exact) mass is 279 g/mol. The predicted molar refractivity (Wildman–Crippen MR) is 84.8 cm³/mol. The molecular weight excluding hydrogens is 258 g/mol. The Kier molecular flexibility index (Phi) is 4.05. The van der Waals surface area contributed by atoms with Crippen molar-refractivity contribution in [2.45, 2.75) is 25.8 Å². The maximum absolute atomic E-state index is 12.7. The largest absolute Gasteiger partial charge is 0.336 e. The fourth-order valence-corrected chi connectivity index (χ4v) is 3.15. The zero-order valence-corrected chi connectivity index (χ0v) is 12.4. The quantitative estimate of drug-likeness (QED) is 0.832. The van der Waals surface area contributed by atoms with E-state index in [0.717, 1.165) is 19.4 Å². The Morgan fingerprint density at radius 1 is 1.05 bits per heavy atom. The first-order valence-electron chi connectivity index (χ1n) is 7.65. The standard InChI is InChI=1S/C19H21NO/c1-15(17-10-6-3-7-11-17)20-13-12-18(19(20)21)14-16-8-4-2-5-9-16/h2-11,15,18H,12-14H2,1H3/t15-,18?/m1/s1. The minimum Gasteiger partial charge on any atom is -0.336 e. The van der Waals surface area contributed by atoms with Crippen LogP contribution in [0.1, 0.15) is 30.5 Å². The second-order valence-electron chi connectivity index (χ2n) is 5.79. The predicted octanol–water partition coefficient (Wildman–Crippen LogP) is 3.84. The first-order chi connectivity index (χ1) is 10.3. The van der Waals surface area contributed by atoms with E-state index in [4.69, 9.17) is 0 Å². The van der Waals surface area contributed by atoms with Crippen LogP contribution in [0.4, 0.5) is 0 Å². The summed E-state index contributed by atoms with van der Waals surface area (Å²) in [6, 6.07) is 20.8. The third-order valence-electron chi connectivity index (χ3n) is 4.43. The smallest absolute Gasteiger partial charge is 0.226 e. The molecule has 1 saturated heterocycles. The number of rotatable bonds is 4. The highest BCUT2D eigenvalue weighted by Gasteiger charge is 2.34. The number of hydrogen-bond donors (Lipinski definition) is 0. The zero-order valence-electron chi connectivity index (χ0n) is 12.4. The molecule has 2 aromatic rings. The van der Waals surface area contributed by atoms with E-state index in [-0.39, 0.29) is 12.0 Å². The van der Waals surface area contributed by atoms with Crippen molar-refractivity contribution in [3.63, 3.8) is 0 Å². The molecule has 2 aromatic carbocycles. The van der Waals surface area contributed by atoms with Crippen LogP contribution in [0.2, 0.25) is 0 Å². The molecule has 0 spiro atoms. The van der Waals surface area contributed by atoms with Gasteiger partial charge in [0.2, 0.25) is 5.91 Å². The summed E-state index contributed by atoms with van der Waals surface area (Å²) in [6.07, 6.45) is 1.82. The molecule has 2 heteroatoms. The first-order valence-corrected chi connectivity index (χ1v) is 7.65. The van der Waals surface area contributed by atoms with Crippen LogP contribution in [0.3, 0.4) is 0 Å². The molecule has 3 rings (SSSR count). The van der Waals surface area contributed by atoms with Gasteiger partial charge >= 0.3 is 0 Å². The normalized spacial score (nSPS) is 19.8. The van der Waals surface area contributed by atoms with Gasteiger partial charge in [-0.1, -0.05) is 60.7 Å². The average Bonchev–Trinajstić information content (AvgIpc) is 2.89. The van der Waals surface area contributed by atoms with Crippen molar-refractivity contribution >= 4 is 5.91 Å². The third-order valence-corrected chi connectivity index (χ3v) is 4.43. The summed E-state index contributed by atoms with van der Waals surface area (Å²) in [5.74, 6) is 0.439. The third kappa shape index (κ3) is 2.99. The van der Waals surface area contributed by atoms with Crippen LogP contribution < -0.4 is 0 Å². The number of benzene rings is 2. The molecule has 2 nitrogen and oxygen atoms in total. The molecule has 2 atom stereocenters. The number of likely N-dealkylation sites (tertiary alicyclic amines) is 1. The van der Waals surface area contributed by atoms with Gasteiger partial charge in [0.1, 0.15) is 0 Å². The van der Waals surface area contributed by atoms with Gasteiger partial charge < -0.3 is 4.90 Å². The van der Waals surface area contributed by atoms with E-state index in [0.29, 0.717) is 5.91 Å². The van der Waals surface area contributed by atoms with Gasteiger partial charge in [0.15, 0.2) is 0 Å². The van der Waals surface area contributed by atoms with E-state index >= 15 is 0 Å². The summed E-state index contributed by atoms with van der Waals surface area (Å²) in [6.45, 7) is 2.99. The Hall–Kier alpha value is -2.09. The van der Waals surface area contributed by atoms with Crippen LogP contribution in [-0.2, 0) is 11.2 Å². The molecule has 1 unspecified atom stereocenters. The summed E-state index contributed by atoms with van der Waals surface area (Å²) in [7, 11) is 0. The molecular formula is C19H21NO. The van der Waals surface area contributed by atoms with Gasteiger partial charge in [-0.05, 0) is 30.9 Å². The van der Waals surface area contributed by atoms with Crippen molar-refractivity contribution < 1.29 is 4.79 Å². The highest BCUT2D eigenvalue weighted by atomic mass is 16.2. The molecule has 1 heterocycles. The topological polar surface area (TPSA) is 20.3 Å². The van der Waals surface area contributed by atoms with Gasteiger partial charge in [-0.3, -0.25) is 4.79 Å². The highest BCUT2D eigenvalue weighted by Crippen LogP contribution is 2.30. The molecule has 0 N–H and O–H groups in total. The Morgan fingerprint density at radius 2 is 1.67 bits per heavy atom. The fourth-order valence-electron chi connectivity index (χ4n) is 3.15. The van der Waals surface area contributed by atoms with Crippen LogP contribution in [0.25, 0.3) is 0 Å². The lowest BCUT2D eigenvalue weighted by Crippen LogP contribution is -2.30. The second-order valence-corrected chi connectivity index (χ2v) is 5.79. The van der Waals surface area contributed by atoms with Crippen molar-refractivity contribution in [1.29, 1.82) is 0 Å². The average molecular weight is 279 g/mol. The molecule has 108 valence electrons. The SMILES string of the molecule is C[C@H](c1ccccc1)N1CCC(Cc2ccccc2)C1=O. The van der Waals surface area contributed by atoms with Gasteiger partial charge in [-0.2, -0.15) is 0 Å². The molecule has 1 aliphatic heterocycles. The second kappa shape index (κ2) is 6.13. The maximum Gasteiger partial charge on any atom is 0.226 e. The summed E-state index contributed by atoms with van der Waals surface area (Å²) in [5, 5.41) is 0. The van der Waals surface area contributed by atoms with E-state index in [1.807, 2.05) is 41.3 Å². The lowest BCUT2D eigenvalue weighted by molar-refractivity contribution is -0.132. The van der Waals surface area contributed by atoms with Crippen LogP contribution in [0.15, 0.2) is 60.7 Å². The molecule has 1 aliphatic rings. The van der Waals surface area contributed by atoms with Gasteiger partial charge in [0.05, 0.1) is 6.04 Å². The summed E-state index contributed by atoms with van der Waals surface area (Å²) in [4.78, 5) is 14.7. The van der Waals surface area contributed by atoms with Crippen molar-refractivity contribution in [1.82, 2.24) is 4.90 Å². The van der Waals surface area contributed by atoms with Crippen LogP contribution in [0, 0.1) is 5.92 Å². The minimum absolute atomic E-state index is 0.138. The minimum atomic E-state index is 0.138. The highest BCUT2D eigenvalue weighted by molar-refractivity contribution is 5.81. The van der Waals surface area contributed by atoms with E-state index in [1.165, 1.54) is 11.1 Å². The van der Waals surface area contributed by atoms with Gasteiger partial charge in [0, 0.05) is 12.5 Å². The molecule has 1 amide bonds. The summed E-state index contributed by atoms with van der Waals surface area (Å²) >= 11 is 0. The Labute approximate surface area is 126 Å². The fraction of sp³-hybridized carbons (Fsp3) is 0.316. The lowest BCUT2D eigenvalue weighted by Gasteiger charge is -2.25. The van der Waals surface area contributed by atoms with Crippen LogP contribution in [-0.4, -0.2) is 17.4 Å². The zero-order chi connectivity index (χ0) is 14.7. The summed E-state index contributed by atoms with van der Waals surface area (Å²) in [5.41, 5.74) is 2.47. The Bertz CT molecular complexity index is 593. The number of carbonyl (C=O) groups excluding carboxylic acids is 1. The maximum atomic E-state index is 12.7. The van der Waals surface area contributed by atoms with Gasteiger partial charge in [-0.15, -0.1) is 0 Å². The van der Waals surface area contributed by atoms with Crippen molar-refractivity contribution in [2.24, 2.45) is 5.92 Å². The molecule has 21 heavy (non-hydrogen) atoms. The van der Waals surface area contributed by atoms with E-state index < -0.39 is 0 Å². The van der Waals surface area contributed by atoms with E-state index in [9.17, 15) is 4.79 Å². The number of nitrogens with zero attached hydrogens (tertiary/aromatic N) is 1. The molecule has 1 fully saturated rings. The Balaban J connectivity index is 1.69. The number of amides is 1.